The Bertz CT molecular complexity index is 700. The van der Waals surface area contributed by atoms with Gasteiger partial charge in [0.2, 0.25) is 0 Å². The van der Waals surface area contributed by atoms with E-state index in [2.05, 4.69) is 21.4 Å². The fourth-order valence-corrected chi connectivity index (χ4v) is 3.30. The van der Waals surface area contributed by atoms with Crippen molar-refractivity contribution in [3.63, 3.8) is 0 Å². The lowest BCUT2D eigenvalue weighted by molar-refractivity contribution is 0.102. The summed E-state index contributed by atoms with van der Waals surface area (Å²) in [6.45, 7) is 5.83. The van der Waals surface area contributed by atoms with Crippen LogP contribution in [0.1, 0.15) is 54.4 Å². The second-order valence-electron chi connectivity index (χ2n) is 6.29. The molecule has 0 atom stereocenters. The molecule has 0 spiro atoms. The summed E-state index contributed by atoms with van der Waals surface area (Å²) in [4.78, 5) is 15.1. The van der Waals surface area contributed by atoms with E-state index < -0.39 is 0 Å². The number of aromatic nitrogens is 1. The standard InChI is InChI=1S/C19H25N3O2/c1-3-15-18(14(2)24-21-15)19(23)20-16-10-6-7-11-17(16)22-12-8-4-5-9-13-22/h6-7,10-11H,3-5,8-9,12-13H2,1-2H3,(H,20,23). The summed E-state index contributed by atoms with van der Waals surface area (Å²) >= 11 is 0. The van der Waals surface area contributed by atoms with Crippen LogP contribution in [-0.4, -0.2) is 24.2 Å². The van der Waals surface area contributed by atoms with Crippen molar-refractivity contribution < 1.29 is 9.32 Å². The minimum absolute atomic E-state index is 0.145. The molecule has 5 heteroatoms. The van der Waals surface area contributed by atoms with Gasteiger partial charge in [0.05, 0.1) is 17.1 Å². The number of benzene rings is 1. The monoisotopic (exact) mass is 327 g/mol. The van der Waals surface area contributed by atoms with Gasteiger partial charge in [0, 0.05) is 13.1 Å². The molecule has 24 heavy (non-hydrogen) atoms. The smallest absolute Gasteiger partial charge is 0.261 e. The molecule has 1 fully saturated rings. The Morgan fingerprint density at radius 1 is 1.21 bits per heavy atom. The molecule has 1 aliphatic heterocycles. The number of rotatable bonds is 4. The van der Waals surface area contributed by atoms with E-state index in [1.807, 2.05) is 25.1 Å². The van der Waals surface area contributed by atoms with Gasteiger partial charge in [-0.25, -0.2) is 0 Å². The lowest BCUT2D eigenvalue weighted by Gasteiger charge is -2.25. The zero-order valence-corrected chi connectivity index (χ0v) is 14.5. The number of amides is 1. The van der Waals surface area contributed by atoms with Gasteiger partial charge >= 0.3 is 0 Å². The normalized spacial score (nSPS) is 15.2. The van der Waals surface area contributed by atoms with Crippen molar-refractivity contribution in [1.29, 1.82) is 0 Å². The van der Waals surface area contributed by atoms with Gasteiger partial charge in [0.25, 0.3) is 5.91 Å². The maximum atomic E-state index is 12.7. The van der Waals surface area contributed by atoms with Crippen LogP contribution in [0.3, 0.4) is 0 Å². The molecular formula is C19H25N3O2. The number of carbonyl (C=O) groups excluding carboxylic acids is 1. The highest BCUT2D eigenvalue weighted by Gasteiger charge is 2.21. The van der Waals surface area contributed by atoms with Gasteiger partial charge < -0.3 is 14.7 Å². The summed E-state index contributed by atoms with van der Waals surface area (Å²) in [6.07, 6.45) is 5.64. The molecule has 5 nitrogen and oxygen atoms in total. The molecule has 2 heterocycles. The summed E-state index contributed by atoms with van der Waals surface area (Å²) in [5.74, 6) is 0.421. The Kier molecular flexibility index (Phi) is 5.18. The predicted molar refractivity (Wildman–Crippen MR) is 95.7 cm³/mol. The molecule has 0 saturated carbocycles. The molecule has 1 aliphatic rings. The van der Waals surface area contributed by atoms with E-state index in [1.54, 1.807) is 6.92 Å². The molecule has 0 aliphatic carbocycles. The van der Waals surface area contributed by atoms with Crippen LogP contribution in [0, 0.1) is 6.92 Å². The van der Waals surface area contributed by atoms with Gasteiger partial charge in [-0.05, 0) is 38.3 Å². The Morgan fingerprint density at radius 3 is 2.62 bits per heavy atom. The summed E-state index contributed by atoms with van der Waals surface area (Å²) in [7, 11) is 0. The molecule has 128 valence electrons. The molecular weight excluding hydrogens is 302 g/mol. The van der Waals surface area contributed by atoms with Crippen molar-refractivity contribution in [2.24, 2.45) is 0 Å². The number of carbonyl (C=O) groups is 1. The van der Waals surface area contributed by atoms with E-state index in [4.69, 9.17) is 4.52 Å². The fraction of sp³-hybridized carbons (Fsp3) is 0.474. The van der Waals surface area contributed by atoms with Gasteiger partial charge in [-0.3, -0.25) is 4.79 Å². The van der Waals surface area contributed by atoms with Crippen LogP contribution in [0.2, 0.25) is 0 Å². The van der Waals surface area contributed by atoms with Crippen LogP contribution in [-0.2, 0) is 6.42 Å². The third-order valence-corrected chi connectivity index (χ3v) is 4.59. The Balaban J connectivity index is 1.85. The van der Waals surface area contributed by atoms with E-state index in [1.165, 1.54) is 25.7 Å². The van der Waals surface area contributed by atoms with Crippen LogP contribution in [0.5, 0.6) is 0 Å². The maximum absolute atomic E-state index is 12.7. The van der Waals surface area contributed by atoms with Crippen LogP contribution < -0.4 is 10.2 Å². The number of hydrogen-bond donors (Lipinski definition) is 1. The molecule has 1 aromatic carbocycles. The predicted octanol–water partition coefficient (Wildman–Crippen LogP) is 4.18. The molecule has 2 aromatic rings. The summed E-state index contributed by atoms with van der Waals surface area (Å²) in [6, 6.07) is 8.03. The SMILES string of the molecule is CCc1noc(C)c1C(=O)Nc1ccccc1N1CCCCCC1. The Labute approximate surface area is 143 Å². The first kappa shape index (κ1) is 16.6. The van der Waals surface area contributed by atoms with Crippen LogP contribution in [0.4, 0.5) is 11.4 Å². The first-order valence-electron chi connectivity index (χ1n) is 8.81. The quantitative estimate of drug-likeness (QED) is 0.915. The average molecular weight is 327 g/mol. The average Bonchev–Trinajstić information content (AvgIpc) is 2.80. The minimum Gasteiger partial charge on any atom is -0.370 e. The highest BCUT2D eigenvalue weighted by molar-refractivity contribution is 6.07. The summed E-state index contributed by atoms with van der Waals surface area (Å²) in [5.41, 5.74) is 3.22. The topological polar surface area (TPSA) is 58.4 Å². The number of nitrogens with zero attached hydrogens (tertiary/aromatic N) is 2. The van der Waals surface area contributed by atoms with Crippen LogP contribution in [0.25, 0.3) is 0 Å². The highest BCUT2D eigenvalue weighted by atomic mass is 16.5. The van der Waals surface area contributed by atoms with E-state index in [0.717, 1.165) is 24.5 Å². The van der Waals surface area contributed by atoms with Crippen molar-refractivity contribution >= 4 is 17.3 Å². The number of para-hydroxylation sites is 2. The Hall–Kier alpha value is -2.30. The van der Waals surface area contributed by atoms with Gasteiger partial charge in [-0.1, -0.05) is 37.1 Å². The lowest BCUT2D eigenvalue weighted by Crippen LogP contribution is -2.26. The van der Waals surface area contributed by atoms with E-state index >= 15 is 0 Å². The van der Waals surface area contributed by atoms with Crippen molar-refractivity contribution in [2.75, 3.05) is 23.3 Å². The van der Waals surface area contributed by atoms with Crippen molar-refractivity contribution in [2.45, 2.75) is 46.0 Å². The van der Waals surface area contributed by atoms with E-state index in [0.29, 0.717) is 23.4 Å². The minimum atomic E-state index is -0.145. The number of anilines is 2. The largest absolute Gasteiger partial charge is 0.370 e. The van der Waals surface area contributed by atoms with Gasteiger partial charge in [-0.2, -0.15) is 0 Å². The van der Waals surface area contributed by atoms with Crippen molar-refractivity contribution in [1.82, 2.24) is 5.16 Å². The second kappa shape index (κ2) is 7.51. The Morgan fingerprint density at radius 2 is 1.92 bits per heavy atom. The van der Waals surface area contributed by atoms with E-state index in [-0.39, 0.29) is 5.91 Å². The third-order valence-electron chi connectivity index (χ3n) is 4.59. The van der Waals surface area contributed by atoms with Crippen molar-refractivity contribution in [3.8, 4) is 0 Å². The molecule has 0 bridgehead atoms. The molecule has 0 radical (unpaired) electrons. The van der Waals surface area contributed by atoms with Gasteiger partial charge in [0.1, 0.15) is 11.3 Å². The zero-order chi connectivity index (χ0) is 16.9. The van der Waals surface area contributed by atoms with Crippen LogP contribution >= 0.6 is 0 Å². The third kappa shape index (κ3) is 3.45. The highest BCUT2D eigenvalue weighted by Crippen LogP contribution is 2.29. The van der Waals surface area contributed by atoms with Gasteiger partial charge in [-0.15, -0.1) is 0 Å². The summed E-state index contributed by atoms with van der Waals surface area (Å²) in [5, 5.41) is 7.04. The van der Waals surface area contributed by atoms with Gasteiger partial charge in [0.15, 0.2) is 0 Å². The first-order chi connectivity index (χ1) is 11.7. The zero-order valence-electron chi connectivity index (χ0n) is 14.5. The number of nitrogens with one attached hydrogen (secondary N) is 1. The molecule has 1 aromatic heterocycles. The molecule has 1 saturated heterocycles. The molecule has 1 N–H and O–H groups in total. The summed E-state index contributed by atoms with van der Waals surface area (Å²) < 4.78 is 5.19. The molecule has 1 amide bonds. The first-order valence-corrected chi connectivity index (χ1v) is 8.81. The van der Waals surface area contributed by atoms with Crippen LogP contribution in [0.15, 0.2) is 28.8 Å². The van der Waals surface area contributed by atoms with E-state index in [9.17, 15) is 4.79 Å². The fourth-order valence-electron chi connectivity index (χ4n) is 3.30. The second-order valence-corrected chi connectivity index (χ2v) is 6.29. The van der Waals surface area contributed by atoms with Crippen molar-refractivity contribution in [3.05, 3.63) is 41.3 Å². The molecule has 3 rings (SSSR count). The number of aryl methyl sites for hydroxylation is 2. The lowest BCUT2D eigenvalue weighted by atomic mass is 10.1. The molecule has 0 unspecified atom stereocenters. The maximum Gasteiger partial charge on any atom is 0.261 e. The number of hydrogen-bond acceptors (Lipinski definition) is 4.